The predicted octanol–water partition coefficient (Wildman–Crippen LogP) is 3.61. The molecule has 2 heterocycles. The van der Waals surface area contributed by atoms with Crippen LogP contribution in [0.15, 0.2) is 67.0 Å². The maximum atomic E-state index is 12.5. The molecule has 0 aliphatic carbocycles. The number of H-pyrrole nitrogens is 1. The van der Waals surface area contributed by atoms with E-state index in [0.717, 1.165) is 18.1 Å². The van der Waals surface area contributed by atoms with Gasteiger partial charge in [0.2, 0.25) is 0 Å². The molecular formula is C21H21ClN4O. The van der Waals surface area contributed by atoms with E-state index in [1.165, 1.54) is 11.1 Å². The summed E-state index contributed by atoms with van der Waals surface area (Å²) in [6.45, 7) is 3.01. The van der Waals surface area contributed by atoms with E-state index in [4.69, 9.17) is 11.6 Å². The minimum absolute atomic E-state index is 0.0335. The Morgan fingerprint density at radius 1 is 0.963 bits per heavy atom. The first-order valence-corrected chi connectivity index (χ1v) is 9.43. The lowest BCUT2D eigenvalue weighted by Crippen LogP contribution is -2.49. The molecule has 1 aliphatic rings. The highest BCUT2D eigenvalue weighted by Gasteiger charge is 2.28. The Hall–Kier alpha value is -2.63. The maximum absolute atomic E-state index is 12.5. The lowest BCUT2D eigenvalue weighted by Gasteiger charge is -2.39. The third-order valence-corrected chi connectivity index (χ3v) is 5.26. The first-order chi connectivity index (χ1) is 13.2. The van der Waals surface area contributed by atoms with Crippen LogP contribution in [-0.2, 0) is 0 Å². The minimum Gasteiger partial charge on any atom is -0.336 e. The molecule has 1 aliphatic heterocycles. The monoisotopic (exact) mass is 380 g/mol. The summed E-state index contributed by atoms with van der Waals surface area (Å²) >= 11 is 6.09. The second kappa shape index (κ2) is 7.94. The summed E-state index contributed by atoms with van der Waals surface area (Å²) in [5.74, 6) is 0.0335. The fraction of sp³-hybridized carbons (Fsp3) is 0.238. The average molecular weight is 381 g/mol. The first kappa shape index (κ1) is 17.8. The Labute approximate surface area is 163 Å². The van der Waals surface area contributed by atoms with Gasteiger partial charge in [-0.2, -0.15) is 5.10 Å². The zero-order chi connectivity index (χ0) is 18.6. The van der Waals surface area contributed by atoms with Crippen LogP contribution in [0.25, 0.3) is 0 Å². The third-order valence-electron chi connectivity index (χ3n) is 5.01. The van der Waals surface area contributed by atoms with E-state index in [2.05, 4.69) is 51.5 Å². The van der Waals surface area contributed by atoms with E-state index in [0.29, 0.717) is 18.7 Å². The Morgan fingerprint density at radius 3 is 2.26 bits per heavy atom. The van der Waals surface area contributed by atoms with Gasteiger partial charge in [0.15, 0.2) is 0 Å². The maximum Gasteiger partial charge on any atom is 0.257 e. The molecule has 1 unspecified atom stereocenters. The van der Waals surface area contributed by atoms with E-state index in [-0.39, 0.29) is 11.9 Å². The van der Waals surface area contributed by atoms with Crippen molar-refractivity contribution in [1.29, 1.82) is 0 Å². The van der Waals surface area contributed by atoms with Crippen LogP contribution in [0.2, 0.25) is 5.02 Å². The molecule has 0 saturated carbocycles. The minimum atomic E-state index is 0.0335. The number of benzene rings is 2. The number of aromatic nitrogens is 2. The molecule has 0 spiro atoms. The van der Waals surface area contributed by atoms with Gasteiger partial charge in [0, 0.05) is 37.4 Å². The average Bonchev–Trinajstić information content (AvgIpc) is 3.25. The van der Waals surface area contributed by atoms with E-state index >= 15 is 0 Å². The SMILES string of the molecule is O=C(c1cn[nH]c1)N1CCN(C(c2ccccc2)c2ccc(Cl)cc2)CC1. The van der Waals surface area contributed by atoms with Crippen LogP contribution < -0.4 is 0 Å². The molecule has 0 bridgehead atoms. The number of nitrogens with zero attached hydrogens (tertiary/aromatic N) is 3. The number of carbonyl (C=O) groups excluding carboxylic acids is 1. The van der Waals surface area contributed by atoms with Crippen molar-refractivity contribution in [3.05, 3.63) is 88.7 Å². The molecule has 5 nitrogen and oxygen atoms in total. The van der Waals surface area contributed by atoms with E-state index in [1.54, 1.807) is 12.4 Å². The second-order valence-electron chi connectivity index (χ2n) is 6.68. The summed E-state index contributed by atoms with van der Waals surface area (Å²) in [5, 5.41) is 7.32. The number of hydrogen-bond donors (Lipinski definition) is 1. The summed E-state index contributed by atoms with van der Waals surface area (Å²) in [4.78, 5) is 16.9. The highest BCUT2D eigenvalue weighted by atomic mass is 35.5. The van der Waals surface area contributed by atoms with Crippen LogP contribution >= 0.6 is 11.6 Å². The van der Waals surface area contributed by atoms with Gasteiger partial charge < -0.3 is 4.90 Å². The molecule has 1 atom stereocenters. The van der Waals surface area contributed by atoms with Crippen molar-refractivity contribution < 1.29 is 4.79 Å². The van der Waals surface area contributed by atoms with Crippen LogP contribution in [0.5, 0.6) is 0 Å². The number of carbonyl (C=O) groups is 1. The summed E-state index contributed by atoms with van der Waals surface area (Å²) in [6.07, 6.45) is 3.23. The molecule has 138 valence electrons. The fourth-order valence-corrected chi connectivity index (χ4v) is 3.75. The number of aromatic amines is 1. The van der Waals surface area contributed by atoms with Crippen LogP contribution in [-0.4, -0.2) is 52.1 Å². The van der Waals surface area contributed by atoms with Crippen molar-refractivity contribution in [2.75, 3.05) is 26.2 Å². The summed E-state index contributed by atoms with van der Waals surface area (Å²) < 4.78 is 0. The molecule has 1 saturated heterocycles. The fourth-order valence-electron chi connectivity index (χ4n) is 3.63. The lowest BCUT2D eigenvalue weighted by molar-refractivity contribution is 0.0597. The molecular weight excluding hydrogens is 360 g/mol. The molecule has 1 fully saturated rings. The first-order valence-electron chi connectivity index (χ1n) is 9.05. The number of hydrogen-bond acceptors (Lipinski definition) is 3. The molecule has 6 heteroatoms. The zero-order valence-electron chi connectivity index (χ0n) is 14.9. The third kappa shape index (κ3) is 3.89. The van der Waals surface area contributed by atoms with Crippen LogP contribution in [0.1, 0.15) is 27.5 Å². The van der Waals surface area contributed by atoms with Gasteiger partial charge in [-0.1, -0.05) is 54.1 Å². The van der Waals surface area contributed by atoms with Gasteiger partial charge in [0.05, 0.1) is 17.8 Å². The molecule has 0 radical (unpaired) electrons. The van der Waals surface area contributed by atoms with Crippen molar-refractivity contribution in [3.8, 4) is 0 Å². The van der Waals surface area contributed by atoms with Gasteiger partial charge in [-0.3, -0.25) is 14.8 Å². The van der Waals surface area contributed by atoms with Gasteiger partial charge in [-0.05, 0) is 23.3 Å². The molecule has 3 aromatic rings. The van der Waals surface area contributed by atoms with E-state index in [1.807, 2.05) is 23.1 Å². The number of rotatable bonds is 4. The number of amides is 1. The summed E-state index contributed by atoms with van der Waals surface area (Å²) in [7, 11) is 0. The molecule has 1 amide bonds. The largest absolute Gasteiger partial charge is 0.336 e. The number of piperazine rings is 1. The Morgan fingerprint density at radius 2 is 1.63 bits per heavy atom. The van der Waals surface area contributed by atoms with Crippen LogP contribution in [0.3, 0.4) is 0 Å². The Kier molecular flexibility index (Phi) is 5.23. The topological polar surface area (TPSA) is 52.2 Å². The second-order valence-corrected chi connectivity index (χ2v) is 7.12. The Balaban J connectivity index is 1.54. The van der Waals surface area contributed by atoms with Gasteiger partial charge in [-0.25, -0.2) is 0 Å². The van der Waals surface area contributed by atoms with Gasteiger partial charge >= 0.3 is 0 Å². The van der Waals surface area contributed by atoms with E-state index < -0.39 is 0 Å². The Bertz CT molecular complexity index is 872. The van der Waals surface area contributed by atoms with Gasteiger partial charge in [0.25, 0.3) is 5.91 Å². The van der Waals surface area contributed by atoms with Crippen molar-refractivity contribution in [2.45, 2.75) is 6.04 Å². The van der Waals surface area contributed by atoms with Crippen molar-refractivity contribution in [1.82, 2.24) is 20.0 Å². The summed E-state index contributed by atoms with van der Waals surface area (Å²) in [5.41, 5.74) is 3.07. The molecule has 27 heavy (non-hydrogen) atoms. The quantitative estimate of drug-likeness (QED) is 0.752. The van der Waals surface area contributed by atoms with Crippen molar-refractivity contribution in [2.24, 2.45) is 0 Å². The molecule has 2 aromatic carbocycles. The lowest BCUT2D eigenvalue weighted by atomic mass is 9.96. The smallest absolute Gasteiger partial charge is 0.257 e. The standard InChI is InChI=1S/C21H21ClN4O/c22-19-8-6-17(7-9-19)20(16-4-2-1-3-5-16)25-10-12-26(13-11-25)21(27)18-14-23-24-15-18/h1-9,14-15,20H,10-13H2,(H,23,24). The predicted molar refractivity (Wildman–Crippen MR) is 106 cm³/mol. The number of halogens is 1. The molecule has 1 N–H and O–H groups in total. The molecule has 4 rings (SSSR count). The van der Waals surface area contributed by atoms with E-state index in [9.17, 15) is 4.79 Å². The highest BCUT2D eigenvalue weighted by Crippen LogP contribution is 2.30. The van der Waals surface area contributed by atoms with Crippen LogP contribution in [0.4, 0.5) is 0 Å². The van der Waals surface area contributed by atoms with Crippen molar-refractivity contribution in [3.63, 3.8) is 0 Å². The highest BCUT2D eigenvalue weighted by molar-refractivity contribution is 6.30. The van der Waals surface area contributed by atoms with Gasteiger partial charge in [0.1, 0.15) is 0 Å². The van der Waals surface area contributed by atoms with Crippen molar-refractivity contribution >= 4 is 17.5 Å². The van der Waals surface area contributed by atoms with Crippen LogP contribution in [0, 0.1) is 0 Å². The van der Waals surface area contributed by atoms with Gasteiger partial charge in [-0.15, -0.1) is 0 Å². The summed E-state index contributed by atoms with van der Waals surface area (Å²) in [6, 6.07) is 18.7. The molecule has 1 aromatic heterocycles. The normalized spacial score (nSPS) is 16.3. The number of nitrogens with one attached hydrogen (secondary N) is 1. The zero-order valence-corrected chi connectivity index (χ0v) is 15.6.